The molecule has 0 aliphatic carbocycles. The molecule has 0 bridgehead atoms. The molecule has 5 nitrogen and oxygen atoms in total. The van der Waals surface area contributed by atoms with Gasteiger partial charge in [0, 0.05) is 18.0 Å². The molecule has 0 amide bonds. The molecule has 1 aliphatic rings. The molecule has 1 fully saturated rings. The van der Waals surface area contributed by atoms with Gasteiger partial charge in [0.25, 0.3) is 0 Å². The van der Waals surface area contributed by atoms with E-state index in [1.807, 2.05) is 14.0 Å². The van der Waals surface area contributed by atoms with E-state index in [0.717, 1.165) is 28.7 Å². The number of carbonyl (C=O) groups is 1. The Kier molecular flexibility index (Phi) is 3.76. The summed E-state index contributed by atoms with van der Waals surface area (Å²) in [6, 6.07) is 0. The Balaban J connectivity index is 2.13. The molecule has 1 unspecified atom stereocenters. The Morgan fingerprint density at radius 2 is 2.47 bits per heavy atom. The summed E-state index contributed by atoms with van der Waals surface area (Å²) in [5, 5.41) is 9.69. The van der Waals surface area contributed by atoms with E-state index in [9.17, 15) is 4.79 Å². The zero-order valence-corrected chi connectivity index (χ0v) is 10.8. The van der Waals surface area contributed by atoms with Crippen molar-refractivity contribution in [2.75, 3.05) is 26.7 Å². The van der Waals surface area contributed by atoms with E-state index in [1.54, 1.807) is 0 Å². The summed E-state index contributed by atoms with van der Waals surface area (Å²) in [5.74, 6) is -0.815. The summed E-state index contributed by atoms with van der Waals surface area (Å²) in [7, 11) is 2.05. The van der Waals surface area contributed by atoms with E-state index in [1.165, 1.54) is 11.3 Å². The number of rotatable bonds is 3. The number of morpholine rings is 1. The lowest BCUT2D eigenvalue weighted by molar-refractivity contribution is -0.136. The van der Waals surface area contributed by atoms with Gasteiger partial charge in [0.15, 0.2) is 0 Å². The summed E-state index contributed by atoms with van der Waals surface area (Å²) >= 11 is 1.45. The lowest BCUT2D eigenvalue weighted by Gasteiger charge is -2.28. The van der Waals surface area contributed by atoms with E-state index >= 15 is 0 Å². The largest absolute Gasteiger partial charge is 0.481 e. The average Bonchev–Trinajstić information content (AvgIpc) is 2.59. The van der Waals surface area contributed by atoms with Crippen molar-refractivity contribution in [3.05, 3.63) is 15.6 Å². The summed E-state index contributed by atoms with van der Waals surface area (Å²) in [4.78, 5) is 18.1. The molecule has 0 radical (unpaired) electrons. The van der Waals surface area contributed by atoms with Crippen LogP contribution in [0.5, 0.6) is 0 Å². The number of carboxylic acids is 1. The van der Waals surface area contributed by atoms with Gasteiger partial charge < -0.3 is 14.7 Å². The van der Waals surface area contributed by atoms with Crippen LogP contribution in [0.15, 0.2) is 0 Å². The Bertz CT molecular complexity index is 419. The Morgan fingerprint density at radius 1 is 1.71 bits per heavy atom. The highest BCUT2D eigenvalue weighted by molar-refractivity contribution is 7.11. The molecule has 17 heavy (non-hydrogen) atoms. The van der Waals surface area contributed by atoms with Crippen LogP contribution in [0, 0.1) is 6.92 Å². The van der Waals surface area contributed by atoms with Crippen LogP contribution >= 0.6 is 11.3 Å². The molecule has 1 aliphatic heterocycles. The van der Waals surface area contributed by atoms with Gasteiger partial charge in [0.05, 0.1) is 18.7 Å². The SMILES string of the molecule is Cc1nc(C2CN(C)CCO2)sc1CC(=O)O. The quantitative estimate of drug-likeness (QED) is 0.877. The lowest BCUT2D eigenvalue weighted by atomic mass is 10.3. The number of likely N-dealkylation sites (N-methyl/N-ethyl adjacent to an activating group) is 1. The number of aryl methyl sites for hydroxylation is 1. The van der Waals surface area contributed by atoms with Crippen molar-refractivity contribution >= 4 is 17.3 Å². The minimum absolute atomic E-state index is 0.0139. The zero-order valence-electron chi connectivity index (χ0n) is 9.97. The molecule has 2 rings (SSSR count). The lowest BCUT2D eigenvalue weighted by Crippen LogP contribution is -2.35. The van der Waals surface area contributed by atoms with Gasteiger partial charge in [0.2, 0.25) is 0 Å². The third kappa shape index (κ3) is 3.02. The predicted molar refractivity (Wildman–Crippen MR) is 64.4 cm³/mol. The van der Waals surface area contributed by atoms with Crippen LogP contribution < -0.4 is 0 Å². The van der Waals surface area contributed by atoms with Crippen molar-refractivity contribution in [3.8, 4) is 0 Å². The number of aromatic nitrogens is 1. The highest BCUT2D eigenvalue weighted by Crippen LogP contribution is 2.28. The maximum Gasteiger partial charge on any atom is 0.308 e. The average molecular weight is 256 g/mol. The second-order valence-corrected chi connectivity index (χ2v) is 5.37. The van der Waals surface area contributed by atoms with E-state index in [4.69, 9.17) is 9.84 Å². The second kappa shape index (κ2) is 5.12. The number of ether oxygens (including phenoxy) is 1. The molecule has 0 aromatic carbocycles. The fourth-order valence-corrected chi connectivity index (χ4v) is 2.91. The molecule has 1 atom stereocenters. The monoisotopic (exact) mass is 256 g/mol. The number of thiazole rings is 1. The highest BCUT2D eigenvalue weighted by Gasteiger charge is 2.23. The van der Waals surface area contributed by atoms with Crippen LogP contribution in [-0.2, 0) is 16.0 Å². The van der Waals surface area contributed by atoms with Crippen LogP contribution in [0.2, 0.25) is 0 Å². The van der Waals surface area contributed by atoms with E-state index < -0.39 is 5.97 Å². The van der Waals surface area contributed by atoms with Crippen LogP contribution in [0.3, 0.4) is 0 Å². The molecule has 94 valence electrons. The van der Waals surface area contributed by atoms with Gasteiger partial charge in [-0.15, -0.1) is 11.3 Å². The molecular formula is C11H16N2O3S. The highest BCUT2D eigenvalue weighted by atomic mass is 32.1. The molecule has 1 aromatic heterocycles. The fraction of sp³-hybridized carbons (Fsp3) is 0.636. The first-order chi connectivity index (χ1) is 8.06. The topological polar surface area (TPSA) is 62.7 Å². The van der Waals surface area contributed by atoms with E-state index in [0.29, 0.717) is 6.61 Å². The van der Waals surface area contributed by atoms with Gasteiger partial charge in [-0.05, 0) is 14.0 Å². The first-order valence-electron chi connectivity index (χ1n) is 5.54. The number of nitrogens with zero attached hydrogens (tertiary/aromatic N) is 2. The smallest absolute Gasteiger partial charge is 0.308 e. The first kappa shape index (κ1) is 12.5. The van der Waals surface area contributed by atoms with Gasteiger partial charge >= 0.3 is 5.97 Å². The molecule has 6 heteroatoms. The second-order valence-electron chi connectivity index (χ2n) is 4.25. The standard InChI is InChI=1S/C11H16N2O3S/c1-7-9(5-10(14)15)17-11(12-7)8-6-13(2)3-4-16-8/h8H,3-6H2,1-2H3,(H,14,15). The molecule has 0 spiro atoms. The van der Waals surface area contributed by atoms with E-state index in [-0.39, 0.29) is 12.5 Å². The molecule has 1 aromatic rings. The van der Waals surface area contributed by atoms with Crippen LogP contribution in [0.4, 0.5) is 0 Å². The van der Waals surface area contributed by atoms with Gasteiger partial charge in [-0.1, -0.05) is 0 Å². The third-order valence-electron chi connectivity index (χ3n) is 2.77. The number of aliphatic carboxylic acids is 1. The summed E-state index contributed by atoms with van der Waals surface area (Å²) in [6.07, 6.45) is 0.0338. The Hall–Kier alpha value is -0.980. The normalized spacial score (nSPS) is 21.6. The maximum atomic E-state index is 10.7. The Morgan fingerprint density at radius 3 is 3.12 bits per heavy atom. The molecule has 1 N–H and O–H groups in total. The van der Waals surface area contributed by atoms with Gasteiger partial charge in [-0.25, -0.2) is 4.98 Å². The van der Waals surface area contributed by atoms with Crippen LogP contribution in [0.25, 0.3) is 0 Å². The van der Waals surface area contributed by atoms with Crippen LogP contribution in [0.1, 0.15) is 21.7 Å². The van der Waals surface area contributed by atoms with Gasteiger partial charge in [-0.3, -0.25) is 4.79 Å². The van der Waals surface area contributed by atoms with Crippen molar-refractivity contribution in [1.29, 1.82) is 0 Å². The van der Waals surface area contributed by atoms with Crippen molar-refractivity contribution in [1.82, 2.24) is 9.88 Å². The molecule has 1 saturated heterocycles. The first-order valence-corrected chi connectivity index (χ1v) is 6.36. The van der Waals surface area contributed by atoms with Gasteiger partial charge in [0.1, 0.15) is 11.1 Å². The number of carboxylic acid groups (broad SMARTS) is 1. The predicted octanol–water partition coefficient (Wildman–Crippen LogP) is 1.08. The Labute approximate surface area is 104 Å². The summed E-state index contributed by atoms with van der Waals surface area (Å²) in [5.41, 5.74) is 0.809. The molecule has 2 heterocycles. The minimum Gasteiger partial charge on any atom is -0.481 e. The zero-order chi connectivity index (χ0) is 12.4. The third-order valence-corrected chi connectivity index (χ3v) is 4.02. The number of hydrogen-bond acceptors (Lipinski definition) is 5. The van der Waals surface area contributed by atoms with Crippen molar-refractivity contribution in [3.63, 3.8) is 0 Å². The van der Waals surface area contributed by atoms with Gasteiger partial charge in [-0.2, -0.15) is 0 Å². The molecule has 0 saturated carbocycles. The maximum absolute atomic E-state index is 10.7. The molecular weight excluding hydrogens is 240 g/mol. The number of hydrogen-bond donors (Lipinski definition) is 1. The van der Waals surface area contributed by atoms with E-state index in [2.05, 4.69) is 9.88 Å². The summed E-state index contributed by atoms with van der Waals surface area (Å²) in [6.45, 7) is 4.31. The summed E-state index contributed by atoms with van der Waals surface area (Å²) < 4.78 is 5.67. The van der Waals surface area contributed by atoms with Crippen molar-refractivity contribution in [2.45, 2.75) is 19.4 Å². The minimum atomic E-state index is -0.815. The van der Waals surface area contributed by atoms with Crippen molar-refractivity contribution < 1.29 is 14.6 Å². The fourth-order valence-electron chi connectivity index (χ4n) is 1.82. The van der Waals surface area contributed by atoms with Crippen LogP contribution in [-0.4, -0.2) is 47.7 Å². The van der Waals surface area contributed by atoms with Crippen molar-refractivity contribution in [2.24, 2.45) is 0 Å².